The van der Waals surface area contributed by atoms with Crippen LogP contribution in [-0.4, -0.2) is 37.5 Å². The Morgan fingerprint density at radius 3 is 2.45 bits per heavy atom. The predicted molar refractivity (Wildman–Crippen MR) is 80.3 cm³/mol. The number of carbonyl (C=O) groups excluding carboxylic acids is 2. The summed E-state index contributed by atoms with van der Waals surface area (Å²) in [5.74, 6) is 0.943. The third-order valence-electron chi connectivity index (χ3n) is 3.69. The molecule has 1 heterocycles. The molecular weight excluding hydrogens is 254 g/mol. The van der Waals surface area contributed by atoms with Gasteiger partial charge in [-0.25, -0.2) is 0 Å². The van der Waals surface area contributed by atoms with Gasteiger partial charge in [0.05, 0.1) is 0 Å². The van der Waals surface area contributed by atoms with Gasteiger partial charge >= 0.3 is 0 Å². The highest BCUT2D eigenvalue weighted by molar-refractivity contribution is 5.87. The zero-order valence-electron chi connectivity index (χ0n) is 13.0. The molecule has 0 aromatic rings. The average molecular weight is 283 g/mol. The summed E-state index contributed by atoms with van der Waals surface area (Å²) < 4.78 is 0. The maximum atomic E-state index is 11.8. The van der Waals surface area contributed by atoms with Gasteiger partial charge in [-0.2, -0.15) is 0 Å². The van der Waals surface area contributed by atoms with E-state index in [1.54, 1.807) is 6.92 Å². The zero-order valence-corrected chi connectivity index (χ0v) is 13.0. The fraction of sp³-hybridized carbons (Fsp3) is 0.867. The number of piperidine rings is 1. The number of rotatable bonds is 7. The predicted octanol–water partition coefficient (Wildman–Crippen LogP) is 1.04. The first-order valence-corrected chi connectivity index (χ1v) is 7.76. The lowest BCUT2D eigenvalue weighted by atomic mass is 9.93. The van der Waals surface area contributed by atoms with Crippen LogP contribution in [0.2, 0.25) is 0 Å². The van der Waals surface area contributed by atoms with Gasteiger partial charge in [0.15, 0.2) is 0 Å². The second-order valence-corrected chi connectivity index (χ2v) is 6.16. The van der Waals surface area contributed by atoms with Crippen LogP contribution in [0.15, 0.2) is 0 Å². The topological polar surface area (TPSA) is 70.2 Å². The summed E-state index contributed by atoms with van der Waals surface area (Å²) in [5, 5.41) is 8.93. The van der Waals surface area contributed by atoms with Crippen LogP contribution in [0.3, 0.4) is 0 Å². The lowest BCUT2D eigenvalue weighted by Crippen LogP contribution is -2.45. The molecule has 0 aromatic carbocycles. The van der Waals surface area contributed by atoms with Crippen molar-refractivity contribution in [1.29, 1.82) is 0 Å². The van der Waals surface area contributed by atoms with Crippen molar-refractivity contribution in [2.24, 2.45) is 11.8 Å². The van der Waals surface area contributed by atoms with Crippen LogP contribution in [0.5, 0.6) is 0 Å². The van der Waals surface area contributed by atoms with Gasteiger partial charge in [-0.3, -0.25) is 9.59 Å². The van der Waals surface area contributed by atoms with Gasteiger partial charge in [0.2, 0.25) is 11.8 Å². The van der Waals surface area contributed by atoms with Crippen molar-refractivity contribution in [3.63, 3.8) is 0 Å². The van der Waals surface area contributed by atoms with E-state index in [4.69, 9.17) is 0 Å². The van der Waals surface area contributed by atoms with Crippen LogP contribution in [0.1, 0.15) is 46.5 Å². The van der Waals surface area contributed by atoms with Gasteiger partial charge in [-0.1, -0.05) is 13.8 Å². The molecule has 1 fully saturated rings. The Morgan fingerprint density at radius 2 is 1.85 bits per heavy atom. The summed E-state index contributed by atoms with van der Waals surface area (Å²) in [6, 6.07) is -0.450. The molecule has 2 amide bonds. The van der Waals surface area contributed by atoms with Crippen molar-refractivity contribution in [3.8, 4) is 0 Å². The Hall–Kier alpha value is -1.10. The Bertz CT molecular complexity index is 312. The largest absolute Gasteiger partial charge is 0.354 e. The SMILES string of the molecule is CC(C)CNC(=O)C(C)NC(=O)CCC1CCNCC1. The number of hydrogen-bond acceptors (Lipinski definition) is 3. The summed E-state index contributed by atoms with van der Waals surface area (Å²) >= 11 is 0. The standard InChI is InChI=1S/C15H29N3O2/c1-11(2)10-17-15(20)12(3)18-14(19)5-4-13-6-8-16-9-7-13/h11-13,16H,4-10H2,1-3H3,(H,17,20)(H,18,19). The van der Waals surface area contributed by atoms with Crippen LogP contribution in [0, 0.1) is 11.8 Å². The van der Waals surface area contributed by atoms with Gasteiger partial charge in [-0.05, 0) is 51.1 Å². The molecule has 1 aliphatic rings. The molecule has 0 spiro atoms. The van der Waals surface area contributed by atoms with Gasteiger partial charge in [-0.15, -0.1) is 0 Å². The van der Waals surface area contributed by atoms with Crippen LogP contribution < -0.4 is 16.0 Å². The third-order valence-corrected chi connectivity index (χ3v) is 3.69. The number of carbonyl (C=O) groups is 2. The van der Waals surface area contributed by atoms with Crippen molar-refractivity contribution >= 4 is 11.8 Å². The summed E-state index contributed by atoms with van der Waals surface area (Å²) in [4.78, 5) is 23.6. The lowest BCUT2D eigenvalue weighted by Gasteiger charge is -2.22. The second kappa shape index (κ2) is 8.95. The first kappa shape index (κ1) is 17.0. The number of nitrogens with one attached hydrogen (secondary N) is 3. The minimum Gasteiger partial charge on any atom is -0.354 e. The van der Waals surface area contributed by atoms with E-state index in [2.05, 4.69) is 16.0 Å². The van der Waals surface area contributed by atoms with Crippen LogP contribution >= 0.6 is 0 Å². The summed E-state index contributed by atoms with van der Waals surface area (Å²) in [7, 11) is 0. The van der Waals surface area contributed by atoms with Gasteiger partial charge in [0.25, 0.3) is 0 Å². The fourth-order valence-corrected chi connectivity index (χ4v) is 2.34. The molecule has 0 saturated carbocycles. The van der Waals surface area contributed by atoms with Crippen molar-refractivity contribution in [2.75, 3.05) is 19.6 Å². The van der Waals surface area contributed by atoms with Gasteiger partial charge < -0.3 is 16.0 Å². The molecule has 116 valence electrons. The maximum absolute atomic E-state index is 11.8. The fourth-order valence-electron chi connectivity index (χ4n) is 2.34. The van der Waals surface area contributed by atoms with E-state index in [-0.39, 0.29) is 11.8 Å². The molecule has 1 unspecified atom stereocenters. The molecule has 5 heteroatoms. The highest BCUT2D eigenvalue weighted by Crippen LogP contribution is 2.17. The molecule has 0 radical (unpaired) electrons. The molecule has 5 nitrogen and oxygen atoms in total. The van der Waals surface area contributed by atoms with Gasteiger partial charge in [0.1, 0.15) is 6.04 Å². The molecule has 0 bridgehead atoms. The van der Waals surface area contributed by atoms with E-state index in [1.807, 2.05) is 13.8 Å². The number of hydrogen-bond donors (Lipinski definition) is 3. The Balaban J connectivity index is 2.18. The summed E-state index contributed by atoms with van der Waals surface area (Å²) in [6.07, 6.45) is 3.75. The van der Waals surface area contributed by atoms with Crippen molar-refractivity contribution in [2.45, 2.75) is 52.5 Å². The smallest absolute Gasteiger partial charge is 0.242 e. The van der Waals surface area contributed by atoms with Crippen molar-refractivity contribution < 1.29 is 9.59 Å². The molecule has 1 aliphatic heterocycles. The number of amides is 2. The van der Waals surface area contributed by atoms with E-state index >= 15 is 0 Å². The Morgan fingerprint density at radius 1 is 1.20 bits per heavy atom. The van der Waals surface area contributed by atoms with E-state index in [9.17, 15) is 9.59 Å². The average Bonchev–Trinajstić information content (AvgIpc) is 2.43. The monoisotopic (exact) mass is 283 g/mol. The Kier molecular flexibility index (Phi) is 7.59. The highest BCUT2D eigenvalue weighted by atomic mass is 16.2. The van der Waals surface area contributed by atoms with Crippen molar-refractivity contribution in [3.05, 3.63) is 0 Å². The molecule has 1 atom stereocenters. The van der Waals surface area contributed by atoms with Crippen LogP contribution in [-0.2, 0) is 9.59 Å². The molecular formula is C15H29N3O2. The highest BCUT2D eigenvalue weighted by Gasteiger charge is 2.18. The minimum absolute atomic E-state index is 0.0178. The van der Waals surface area contributed by atoms with Crippen LogP contribution in [0.4, 0.5) is 0 Å². The first-order chi connectivity index (χ1) is 9.49. The normalized spacial score (nSPS) is 17.8. The van der Waals surface area contributed by atoms with E-state index in [0.29, 0.717) is 24.8 Å². The van der Waals surface area contributed by atoms with Crippen LogP contribution in [0.25, 0.3) is 0 Å². The van der Waals surface area contributed by atoms with E-state index in [0.717, 1.165) is 32.4 Å². The zero-order chi connectivity index (χ0) is 15.0. The maximum Gasteiger partial charge on any atom is 0.242 e. The van der Waals surface area contributed by atoms with E-state index in [1.165, 1.54) is 0 Å². The summed E-state index contributed by atoms with van der Waals surface area (Å²) in [6.45, 7) is 8.58. The molecule has 1 saturated heterocycles. The first-order valence-electron chi connectivity index (χ1n) is 7.76. The van der Waals surface area contributed by atoms with E-state index < -0.39 is 6.04 Å². The van der Waals surface area contributed by atoms with Gasteiger partial charge in [0, 0.05) is 13.0 Å². The molecule has 1 rings (SSSR count). The summed E-state index contributed by atoms with van der Waals surface area (Å²) in [5.41, 5.74) is 0. The second-order valence-electron chi connectivity index (χ2n) is 6.16. The third kappa shape index (κ3) is 6.89. The molecule has 20 heavy (non-hydrogen) atoms. The molecule has 0 aliphatic carbocycles. The molecule has 0 aromatic heterocycles. The lowest BCUT2D eigenvalue weighted by molar-refractivity contribution is -0.128. The molecule has 3 N–H and O–H groups in total. The quantitative estimate of drug-likeness (QED) is 0.654. The van der Waals surface area contributed by atoms with Crippen molar-refractivity contribution in [1.82, 2.24) is 16.0 Å². The minimum atomic E-state index is -0.450. The Labute approximate surface area is 122 Å².